The number of benzene rings is 2. The SMILES string of the molecule is CCCOc1cccc(N2C(=O)C(c3ccc(F)cc3)=C(N3CCCC(CO)C3)C2=O)c1. The van der Waals surface area contributed by atoms with Crippen molar-refractivity contribution >= 4 is 23.1 Å². The van der Waals surface area contributed by atoms with Gasteiger partial charge in [0.15, 0.2) is 0 Å². The fourth-order valence-corrected chi connectivity index (χ4v) is 4.27. The van der Waals surface area contributed by atoms with Crippen molar-refractivity contribution in [3.05, 3.63) is 65.6 Å². The molecule has 1 N–H and O–H groups in total. The Morgan fingerprint density at radius 1 is 1.12 bits per heavy atom. The second-order valence-corrected chi connectivity index (χ2v) is 8.16. The number of nitrogens with zero attached hydrogens (tertiary/aromatic N) is 2. The van der Waals surface area contributed by atoms with Crippen LogP contribution < -0.4 is 9.64 Å². The smallest absolute Gasteiger partial charge is 0.282 e. The van der Waals surface area contributed by atoms with Crippen molar-refractivity contribution in [1.82, 2.24) is 4.90 Å². The number of aliphatic hydroxyl groups excluding tert-OH is 1. The average Bonchev–Trinajstić information content (AvgIpc) is 3.08. The lowest BCUT2D eigenvalue weighted by Gasteiger charge is -2.34. The molecule has 0 aromatic heterocycles. The molecule has 2 aliphatic rings. The van der Waals surface area contributed by atoms with Gasteiger partial charge in [0, 0.05) is 25.8 Å². The van der Waals surface area contributed by atoms with Crippen LogP contribution in [0.3, 0.4) is 0 Å². The van der Waals surface area contributed by atoms with Crippen molar-refractivity contribution in [1.29, 1.82) is 0 Å². The Kier molecular flexibility index (Phi) is 6.55. The van der Waals surface area contributed by atoms with Crippen LogP contribution >= 0.6 is 0 Å². The minimum Gasteiger partial charge on any atom is -0.494 e. The highest BCUT2D eigenvalue weighted by atomic mass is 19.1. The number of carbonyl (C=O) groups is 2. The molecule has 168 valence electrons. The summed E-state index contributed by atoms with van der Waals surface area (Å²) in [5.41, 5.74) is 1.48. The minimum absolute atomic E-state index is 0.0261. The van der Waals surface area contributed by atoms with Crippen LogP contribution in [-0.2, 0) is 9.59 Å². The first-order valence-electron chi connectivity index (χ1n) is 11.0. The Morgan fingerprint density at radius 3 is 2.62 bits per heavy atom. The summed E-state index contributed by atoms with van der Waals surface area (Å²) in [5, 5.41) is 9.65. The third-order valence-corrected chi connectivity index (χ3v) is 5.83. The van der Waals surface area contributed by atoms with Crippen molar-refractivity contribution in [2.24, 2.45) is 5.92 Å². The Balaban J connectivity index is 1.75. The zero-order valence-corrected chi connectivity index (χ0v) is 18.1. The van der Waals surface area contributed by atoms with E-state index in [0.29, 0.717) is 42.4 Å². The number of piperidine rings is 1. The first-order chi connectivity index (χ1) is 15.5. The highest BCUT2D eigenvalue weighted by Crippen LogP contribution is 2.37. The van der Waals surface area contributed by atoms with E-state index in [2.05, 4.69) is 0 Å². The number of hydrogen-bond acceptors (Lipinski definition) is 5. The van der Waals surface area contributed by atoms with Crippen molar-refractivity contribution in [2.45, 2.75) is 26.2 Å². The summed E-state index contributed by atoms with van der Waals surface area (Å²) in [6, 6.07) is 12.5. The molecule has 32 heavy (non-hydrogen) atoms. The van der Waals surface area contributed by atoms with Crippen LogP contribution in [0.25, 0.3) is 5.57 Å². The fourth-order valence-electron chi connectivity index (χ4n) is 4.27. The van der Waals surface area contributed by atoms with E-state index in [1.165, 1.54) is 24.3 Å². The van der Waals surface area contributed by atoms with Gasteiger partial charge in [-0.3, -0.25) is 9.59 Å². The normalized spacial score (nSPS) is 19.2. The third kappa shape index (κ3) is 4.25. The van der Waals surface area contributed by atoms with Crippen molar-refractivity contribution < 1.29 is 23.8 Å². The first-order valence-corrected chi connectivity index (χ1v) is 11.0. The molecule has 2 aliphatic heterocycles. The molecule has 7 heteroatoms. The van der Waals surface area contributed by atoms with E-state index < -0.39 is 17.6 Å². The topological polar surface area (TPSA) is 70.1 Å². The number of rotatable bonds is 7. The molecule has 1 fully saturated rings. The Hall–Kier alpha value is -3.19. The van der Waals surface area contributed by atoms with E-state index in [1.807, 2.05) is 11.8 Å². The Morgan fingerprint density at radius 2 is 1.91 bits per heavy atom. The largest absolute Gasteiger partial charge is 0.494 e. The number of imide groups is 1. The van der Waals surface area contributed by atoms with E-state index in [0.717, 1.165) is 24.2 Å². The molecule has 1 unspecified atom stereocenters. The standard InChI is InChI=1S/C25H27FN2O4/c1-2-13-32-21-7-3-6-20(14-21)28-24(30)22(18-8-10-19(26)11-9-18)23(25(28)31)27-12-4-5-17(15-27)16-29/h3,6-11,14,17,29H,2,4-5,12-13,15-16H2,1H3. The molecule has 2 amide bonds. The van der Waals surface area contributed by atoms with E-state index in [9.17, 15) is 19.1 Å². The summed E-state index contributed by atoms with van der Waals surface area (Å²) < 4.78 is 19.2. The molecule has 0 spiro atoms. The second-order valence-electron chi connectivity index (χ2n) is 8.16. The lowest BCUT2D eigenvalue weighted by atomic mass is 9.97. The zero-order chi connectivity index (χ0) is 22.7. The number of ether oxygens (including phenoxy) is 1. The van der Waals surface area contributed by atoms with Gasteiger partial charge < -0.3 is 14.7 Å². The molecule has 0 aliphatic carbocycles. The summed E-state index contributed by atoms with van der Waals surface area (Å²) in [6.45, 7) is 3.66. The maximum absolute atomic E-state index is 13.6. The quantitative estimate of drug-likeness (QED) is 0.669. The number of anilines is 1. The monoisotopic (exact) mass is 438 g/mol. The number of halogens is 1. The van der Waals surface area contributed by atoms with Gasteiger partial charge in [0.2, 0.25) is 0 Å². The maximum atomic E-state index is 13.6. The summed E-state index contributed by atoms with van der Waals surface area (Å²) in [5.74, 6) is -0.659. The van der Waals surface area contributed by atoms with Gasteiger partial charge in [-0.25, -0.2) is 9.29 Å². The summed E-state index contributed by atoms with van der Waals surface area (Å²) in [6.07, 6.45) is 2.52. The van der Waals surface area contributed by atoms with E-state index in [4.69, 9.17) is 4.74 Å². The van der Waals surface area contributed by atoms with Gasteiger partial charge >= 0.3 is 0 Å². The van der Waals surface area contributed by atoms with Crippen LogP contribution in [0, 0.1) is 11.7 Å². The van der Waals surface area contributed by atoms with Gasteiger partial charge in [-0.15, -0.1) is 0 Å². The minimum atomic E-state index is -0.449. The van der Waals surface area contributed by atoms with Crippen LogP contribution in [0.4, 0.5) is 10.1 Å². The predicted octanol–water partition coefficient (Wildman–Crippen LogP) is 3.60. The van der Waals surface area contributed by atoms with Gasteiger partial charge in [-0.2, -0.15) is 0 Å². The van der Waals surface area contributed by atoms with Crippen LogP contribution in [0.2, 0.25) is 0 Å². The first kappa shape index (κ1) is 22.0. The van der Waals surface area contributed by atoms with Crippen LogP contribution in [0.5, 0.6) is 5.75 Å². The van der Waals surface area contributed by atoms with E-state index in [1.54, 1.807) is 24.3 Å². The van der Waals surface area contributed by atoms with Gasteiger partial charge in [0.1, 0.15) is 17.3 Å². The molecule has 1 atom stereocenters. The van der Waals surface area contributed by atoms with E-state index in [-0.39, 0.29) is 18.1 Å². The molecule has 4 rings (SSSR count). The highest BCUT2D eigenvalue weighted by Gasteiger charge is 2.43. The molecular formula is C25H27FN2O4. The highest BCUT2D eigenvalue weighted by molar-refractivity contribution is 6.45. The Bertz CT molecular complexity index is 1030. The number of aliphatic hydroxyl groups is 1. The predicted molar refractivity (Wildman–Crippen MR) is 119 cm³/mol. The molecule has 2 aromatic rings. The van der Waals surface area contributed by atoms with Crippen molar-refractivity contribution in [3.8, 4) is 5.75 Å². The summed E-state index contributed by atoms with van der Waals surface area (Å²) in [4.78, 5) is 30.2. The van der Waals surface area contributed by atoms with Crippen molar-refractivity contribution in [3.63, 3.8) is 0 Å². The molecule has 0 radical (unpaired) electrons. The van der Waals surface area contributed by atoms with Gasteiger partial charge in [0.25, 0.3) is 11.8 Å². The number of likely N-dealkylation sites (tertiary alicyclic amines) is 1. The summed E-state index contributed by atoms with van der Waals surface area (Å²) in [7, 11) is 0. The molecule has 0 bridgehead atoms. The number of hydrogen-bond donors (Lipinski definition) is 1. The lowest BCUT2D eigenvalue weighted by molar-refractivity contribution is -0.120. The molecule has 1 saturated heterocycles. The van der Waals surface area contributed by atoms with E-state index >= 15 is 0 Å². The summed E-state index contributed by atoms with van der Waals surface area (Å²) >= 11 is 0. The van der Waals surface area contributed by atoms with Gasteiger partial charge in [-0.1, -0.05) is 25.1 Å². The lowest BCUT2D eigenvalue weighted by Crippen LogP contribution is -2.40. The number of amides is 2. The maximum Gasteiger partial charge on any atom is 0.282 e. The van der Waals surface area contributed by atoms with Crippen LogP contribution in [0.15, 0.2) is 54.2 Å². The Labute approximate surface area is 186 Å². The molecule has 2 heterocycles. The molecular weight excluding hydrogens is 411 g/mol. The second kappa shape index (κ2) is 9.53. The zero-order valence-electron chi connectivity index (χ0n) is 18.1. The molecule has 0 saturated carbocycles. The average molecular weight is 438 g/mol. The van der Waals surface area contributed by atoms with Crippen LogP contribution in [-0.4, -0.2) is 48.1 Å². The number of carbonyl (C=O) groups excluding carboxylic acids is 2. The van der Waals surface area contributed by atoms with Gasteiger partial charge in [0.05, 0.1) is 17.9 Å². The fraction of sp³-hybridized carbons (Fsp3) is 0.360. The molecule has 6 nitrogen and oxygen atoms in total. The third-order valence-electron chi connectivity index (χ3n) is 5.83. The van der Waals surface area contributed by atoms with Crippen molar-refractivity contribution in [2.75, 3.05) is 31.2 Å². The molecule has 2 aromatic carbocycles. The van der Waals surface area contributed by atoms with Crippen LogP contribution in [0.1, 0.15) is 31.7 Å². The van der Waals surface area contributed by atoms with Gasteiger partial charge in [-0.05, 0) is 55.0 Å².